The van der Waals surface area contributed by atoms with Crippen molar-refractivity contribution >= 4 is 16.9 Å². The third kappa shape index (κ3) is 3.42. The average molecular weight is 333 g/mol. The molecule has 0 aliphatic rings. The van der Waals surface area contributed by atoms with Gasteiger partial charge in [0.15, 0.2) is 5.65 Å². The summed E-state index contributed by atoms with van der Waals surface area (Å²) in [5.74, 6) is 1.96. The van der Waals surface area contributed by atoms with Crippen LogP contribution in [0.15, 0.2) is 60.9 Å². The minimum atomic E-state index is 0.406. The highest BCUT2D eigenvalue weighted by atomic mass is 16.5. The second kappa shape index (κ2) is 7.44. The molecule has 0 spiro atoms. The summed E-state index contributed by atoms with van der Waals surface area (Å²) in [5, 5.41) is 7.85. The zero-order valence-electron chi connectivity index (χ0n) is 14.1. The van der Waals surface area contributed by atoms with E-state index in [1.165, 1.54) is 6.33 Å². The van der Waals surface area contributed by atoms with Crippen LogP contribution < -0.4 is 10.5 Å². The highest BCUT2D eigenvalue weighted by Gasteiger charge is 2.12. The molecule has 0 radical (unpaired) electrons. The standard InChI is InChI=1S/C17H13N5O.C2H6/c18-16-14-15(21-22-17(14)20-10-19-16)11-6-8-13(9-7-11)23-12-4-2-1-3-5-12;1-2/h1-10H,(H3,18,19,20,21,22);1-2H3. The molecule has 0 unspecified atom stereocenters. The first kappa shape index (κ1) is 16.4. The fourth-order valence-electron chi connectivity index (χ4n) is 2.40. The predicted octanol–water partition coefficient (Wildman–Crippen LogP) is 4.42. The molecule has 126 valence electrons. The maximum absolute atomic E-state index is 5.94. The number of aromatic nitrogens is 4. The highest BCUT2D eigenvalue weighted by Crippen LogP contribution is 2.30. The summed E-state index contributed by atoms with van der Waals surface area (Å²) >= 11 is 0. The number of nitrogens with one attached hydrogen (secondary N) is 1. The van der Waals surface area contributed by atoms with E-state index in [0.29, 0.717) is 11.5 Å². The van der Waals surface area contributed by atoms with Crippen LogP contribution in [0.25, 0.3) is 22.3 Å². The summed E-state index contributed by atoms with van der Waals surface area (Å²) in [4.78, 5) is 8.12. The van der Waals surface area contributed by atoms with Crippen molar-refractivity contribution in [3.63, 3.8) is 0 Å². The van der Waals surface area contributed by atoms with E-state index in [1.54, 1.807) is 0 Å². The van der Waals surface area contributed by atoms with Crippen molar-refractivity contribution in [3.05, 3.63) is 60.9 Å². The Bertz CT molecular complexity index is 949. The zero-order valence-corrected chi connectivity index (χ0v) is 14.1. The molecule has 6 heteroatoms. The number of rotatable bonds is 3. The molecule has 0 fully saturated rings. The van der Waals surface area contributed by atoms with Gasteiger partial charge in [-0.1, -0.05) is 32.0 Å². The highest BCUT2D eigenvalue weighted by molar-refractivity contribution is 5.97. The number of anilines is 1. The molecule has 2 aromatic heterocycles. The van der Waals surface area contributed by atoms with Crippen molar-refractivity contribution in [3.8, 4) is 22.8 Å². The molecule has 0 saturated carbocycles. The first-order chi connectivity index (χ1) is 12.3. The molecule has 4 rings (SSSR count). The van der Waals surface area contributed by atoms with Gasteiger partial charge in [-0.25, -0.2) is 9.97 Å². The molecule has 0 aliphatic heterocycles. The van der Waals surface area contributed by atoms with E-state index in [-0.39, 0.29) is 0 Å². The van der Waals surface area contributed by atoms with Crippen LogP contribution in [-0.4, -0.2) is 20.2 Å². The van der Waals surface area contributed by atoms with Crippen LogP contribution in [0.5, 0.6) is 11.5 Å². The topological polar surface area (TPSA) is 89.7 Å². The SMILES string of the molecule is CC.Nc1ncnc2n[nH]c(-c3ccc(Oc4ccccc4)cc3)c12. The molecule has 4 aromatic rings. The van der Waals surface area contributed by atoms with E-state index < -0.39 is 0 Å². The van der Waals surface area contributed by atoms with Crippen molar-refractivity contribution in [2.24, 2.45) is 0 Å². The summed E-state index contributed by atoms with van der Waals surface area (Å²) in [5.41, 5.74) is 8.22. The van der Waals surface area contributed by atoms with Gasteiger partial charge >= 0.3 is 0 Å². The molecule has 2 heterocycles. The fraction of sp³-hybridized carbons (Fsp3) is 0.105. The van der Waals surface area contributed by atoms with Gasteiger partial charge < -0.3 is 10.5 Å². The lowest BCUT2D eigenvalue weighted by atomic mass is 10.1. The van der Waals surface area contributed by atoms with Gasteiger partial charge in [-0.05, 0) is 36.4 Å². The minimum Gasteiger partial charge on any atom is -0.457 e. The van der Waals surface area contributed by atoms with Crippen molar-refractivity contribution in [1.29, 1.82) is 0 Å². The normalized spacial score (nSPS) is 10.2. The van der Waals surface area contributed by atoms with E-state index in [1.807, 2.05) is 68.4 Å². The van der Waals surface area contributed by atoms with Crippen LogP contribution >= 0.6 is 0 Å². The Balaban J connectivity index is 0.000000880. The molecular formula is C19H19N5O. The van der Waals surface area contributed by atoms with E-state index >= 15 is 0 Å². The van der Waals surface area contributed by atoms with Gasteiger partial charge in [0, 0.05) is 5.56 Å². The Kier molecular flexibility index (Phi) is 4.89. The number of ether oxygens (including phenoxy) is 1. The molecule has 6 nitrogen and oxygen atoms in total. The summed E-state index contributed by atoms with van der Waals surface area (Å²) in [7, 11) is 0. The van der Waals surface area contributed by atoms with E-state index in [0.717, 1.165) is 28.1 Å². The molecule has 0 amide bonds. The lowest BCUT2D eigenvalue weighted by molar-refractivity contribution is 0.483. The smallest absolute Gasteiger partial charge is 0.186 e. The van der Waals surface area contributed by atoms with Gasteiger partial charge in [0.25, 0.3) is 0 Å². The Labute approximate surface area is 145 Å². The van der Waals surface area contributed by atoms with E-state index in [4.69, 9.17) is 10.5 Å². The Morgan fingerprint density at radius 1 is 0.880 bits per heavy atom. The molecule has 25 heavy (non-hydrogen) atoms. The third-order valence-electron chi connectivity index (χ3n) is 3.50. The number of hydrogen-bond acceptors (Lipinski definition) is 5. The summed E-state index contributed by atoms with van der Waals surface area (Å²) in [6.45, 7) is 4.00. The first-order valence-corrected chi connectivity index (χ1v) is 8.09. The maximum Gasteiger partial charge on any atom is 0.186 e. The van der Waals surface area contributed by atoms with Crippen LogP contribution in [0.1, 0.15) is 13.8 Å². The molecule has 0 bridgehead atoms. The van der Waals surface area contributed by atoms with Crippen molar-refractivity contribution in [1.82, 2.24) is 20.2 Å². The van der Waals surface area contributed by atoms with Gasteiger partial charge in [-0.15, -0.1) is 0 Å². The third-order valence-corrected chi connectivity index (χ3v) is 3.50. The van der Waals surface area contributed by atoms with Crippen LogP contribution in [0, 0.1) is 0 Å². The summed E-state index contributed by atoms with van der Waals surface area (Å²) < 4.78 is 5.79. The van der Waals surface area contributed by atoms with Crippen LogP contribution in [0.2, 0.25) is 0 Å². The molecule has 0 aliphatic carbocycles. The van der Waals surface area contributed by atoms with Crippen LogP contribution in [-0.2, 0) is 0 Å². The number of nitrogen functional groups attached to an aromatic ring is 1. The van der Waals surface area contributed by atoms with Crippen molar-refractivity contribution in [2.75, 3.05) is 5.73 Å². The molecule has 3 N–H and O–H groups in total. The molecule has 0 saturated heterocycles. The predicted molar refractivity (Wildman–Crippen MR) is 99.4 cm³/mol. The van der Waals surface area contributed by atoms with E-state index in [2.05, 4.69) is 20.2 Å². The number of para-hydroxylation sites is 1. The summed E-state index contributed by atoms with van der Waals surface area (Å²) in [6, 6.07) is 17.3. The largest absolute Gasteiger partial charge is 0.457 e. The Hall–Kier alpha value is -3.41. The Morgan fingerprint density at radius 3 is 2.28 bits per heavy atom. The number of benzene rings is 2. The van der Waals surface area contributed by atoms with Crippen LogP contribution in [0.4, 0.5) is 5.82 Å². The monoisotopic (exact) mass is 333 g/mol. The second-order valence-electron chi connectivity index (χ2n) is 5.00. The fourth-order valence-corrected chi connectivity index (χ4v) is 2.40. The lowest BCUT2D eigenvalue weighted by Gasteiger charge is -2.06. The number of aromatic amines is 1. The quantitative estimate of drug-likeness (QED) is 0.579. The average Bonchev–Trinajstić information content (AvgIpc) is 3.10. The van der Waals surface area contributed by atoms with Gasteiger partial charge in [-0.3, -0.25) is 5.10 Å². The number of nitrogens with two attached hydrogens (primary N) is 1. The van der Waals surface area contributed by atoms with Crippen molar-refractivity contribution in [2.45, 2.75) is 13.8 Å². The second-order valence-corrected chi connectivity index (χ2v) is 5.00. The van der Waals surface area contributed by atoms with Gasteiger partial charge in [0.2, 0.25) is 0 Å². The van der Waals surface area contributed by atoms with E-state index in [9.17, 15) is 0 Å². The van der Waals surface area contributed by atoms with Gasteiger partial charge in [0.05, 0.1) is 11.1 Å². The minimum absolute atomic E-state index is 0.406. The number of nitrogens with zero attached hydrogens (tertiary/aromatic N) is 3. The number of hydrogen-bond donors (Lipinski definition) is 2. The number of fused-ring (bicyclic) bond motifs is 1. The van der Waals surface area contributed by atoms with Crippen molar-refractivity contribution < 1.29 is 4.74 Å². The van der Waals surface area contributed by atoms with Gasteiger partial charge in [0.1, 0.15) is 23.6 Å². The van der Waals surface area contributed by atoms with Gasteiger partial charge in [-0.2, -0.15) is 5.10 Å². The molecule has 0 atom stereocenters. The maximum atomic E-state index is 5.94. The molecule has 2 aromatic carbocycles. The van der Waals surface area contributed by atoms with Crippen LogP contribution in [0.3, 0.4) is 0 Å². The molecular weight excluding hydrogens is 314 g/mol. The summed E-state index contributed by atoms with van der Waals surface area (Å²) in [6.07, 6.45) is 1.40. The Morgan fingerprint density at radius 2 is 1.56 bits per heavy atom. The lowest BCUT2D eigenvalue weighted by Crippen LogP contribution is -1.92. The zero-order chi connectivity index (χ0) is 17.6. The first-order valence-electron chi connectivity index (χ1n) is 8.09. The number of H-pyrrole nitrogens is 1.